The van der Waals surface area contributed by atoms with Gasteiger partial charge in [0.25, 0.3) is 0 Å². The van der Waals surface area contributed by atoms with E-state index in [4.69, 9.17) is 19.6 Å². The van der Waals surface area contributed by atoms with Gasteiger partial charge in [0.05, 0.1) is 20.5 Å². The lowest BCUT2D eigenvalue weighted by Crippen LogP contribution is -2.10. The lowest BCUT2D eigenvalue weighted by Gasteiger charge is -2.18. The average Bonchev–Trinajstić information content (AvgIpc) is 2.38. The van der Waals surface area contributed by atoms with Crippen LogP contribution in [0, 0.1) is 5.41 Å². The predicted octanol–water partition coefficient (Wildman–Crippen LogP) is 2.70. The zero-order chi connectivity index (χ0) is 12.3. The SMILES string of the molecule is COc1ccc(C2C=COC(=N)C2)cc1OC. The van der Waals surface area contributed by atoms with Crippen molar-refractivity contribution in [2.45, 2.75) is 12.3 Å². The monoisotopic (exact) mass is 233 g/mol. The highest BCUT2D eigenvalue weighted by molar-refractivity contribution is 5.75. The third kappa shape index (κ3) is 2.41. The van der Waals surface area contributed by atoms with E-state index in [1.165, 1.54) is 0 Å². The summed E-state index contributed by atoms with van der Waals surface area (Å²) in [5.41, 5.74) is 1.09. The van der Waals surface area contributed by atoms with Crippen LogP contribution >= 0.6 is 0 Å². The summed E-state index contributed by atoms with van der Waals surface area (Å²) < 4.78 is 15.4. The molecule has 1 aliphatic heterocycles. The number of allylic oxidation sites excluding steroid dienone is 1. The van der Waals surface area contributed by atoms with E-state index < -0.39 is 0 Å². The zero-order valence-electron chi connectivity index (χ0n) is 9.90. The van der Waals surface area contributed by atoms with Crippen molar-refractivity contribution in [3.63, 3.8) is 0 Å². The van der Waals surface area contributed by atoms with Gasteiger partial charge in [0.1, 0.15) is 0 Å². The van der Waals surface area contributed by atoms with E-state index in [1.807, 2.05) is 24.3 Å². The Morgan fingerprint density at radius 1 is 1.24 bits per heavy atom. The Kier molecular flexibility index (Phi) is 3.32. The second-order valence-corrected chi connectivity index (χ2v) is 3.79. The molecular formula is C13H15NO3. The highest BCUT2D eigenvalue weighted by atomic mass is 16.5. The standard InChI is InChI=1S/C13H15NO3/c1-15-11-4-3-9(7-12(11)16-2)10-5-6-17-13(14)8-10/h3-7,10,14H,8H2,1-2H3. The molecule has 4 nitrogen and oxygen atoms in total. The van der Waals surface area contributed by atoms with Gasteiger partial charge in [-0.25, -0.2) is 0 Å². The van der Waals surface area contributed by atoms with Crippen LogP contribution in [0.4, 0.5) is 0 Å². The molecule has 1 aromatic carbocycles. The highest BCUT2D eigenvalue weighted by Crippen LogP contribution is 2.33. The van der Waals surface area contributed by atoms with Gasteiger partial charge < -0.3 is 14.2 Å². The van der Waals surface area contributed by atoms with Crippen LogP contribution in [-0.4, -0.2) is 20.1 Å². The third-order valence-electron chi connectivity index (χ3n) is 2.76. The first-order valence-electron chi connectivity index (χ1n) is 5.37. The number of rotatable bonds is 3. The van der Waals surface area contributed by atoms with Crippen LogP contribution in [0.5, 0.6) is 11.5 Å². The molecular weight excluding hydrogens is 218 g/mol. The molecule has 0 bridgehead atoms. The van der Waals surface area contributed by atoms with Gasteiger partial charge in [-0.3, -0.25) is 5.41 Å². The maximum atomic E-state index is 7.52. The van der Waals surface area contributed by atoms with Crippen molar-refractivity contribution in [1.82, 2.24) is 0 Å². The van der Waals surface area contributed by atoms with Crippen molar-refractivity contribution >= 4 is 5.90 Å². The van der Waals surface area contributed by atoms with Gasteiger partial charge in [-0.15, -0.1) is 0 Å². The molecule has 2 rings (SSSR count). The maximum absolute atomic E-state index is 7.52. The molecule has 0 saturated carbocycles. The van der Waals surface area contributed by atoms with Crippen molar-refractivity contribution in [1.29, 1.82) is 5.41 Å². The van der Waals surface area contributed by atoms with Crippen molar-refractivity contribution in [3.05, 3.63) is 36.1 Å². The van der Waals surface area contributed by atoms with Crippen LogP contribution in [0.3, 0.4) is 0 Å². The number of hydrogen-bond acceptors (Lipinski definition) is 4. The number of nitrogens with one attached hydrogen (secondary N) is 1. The summed E-state index contributed by atoms with van der Waals surface area (Å²) in [5.74, 6) is 1.86. The van der Waals surface area contributed by atoms with Gasteiger partial charge in [0.15, 0.2) is 17.4 Å². The Morgan fingerprint density at radius 2 is 2.00 bits per heavy atom. The van der Waals surface area contributed by atoms with E-state index in [1.54, 1.807) is 20.5 Å². The summed E-state index contributed by atoms with van der Waals surface area (Å²) in [4.78, 5) is 0. The molecule has 1 atom stereocenters. The normalized spacial score (nSPS) is 18.7. The van der Waals surface area contributed by atoms with Gasteiger partial charge >= 0.3 is 0 Å². The van der Waals surface area contributed by atoms with E-state index in [0.717, 1.165) is 5.56 Å². The molecule has 0 saturated heterocycles. The van der Waals surface area contributed by atoms with Crippen LogP contribution in [0.15, 0.2) is 30.5 Å². The summed E-state index contributed by atoms with van der Waals surface area (Å²) >= 11 is 0. The average molecular weight is 233 g/mol. The molecule has 0 aromatic heterocycles. The summed E-state index contributed by atoms with van der Waals surface area (Å²) in [6.45, 7) is 0. The first-order chi connectivity index (χ1) is 8.24. The molecule has 0 spiro atoms. The summed E-state index contributed by atoms with van der Waals surface area (Å²) in [6.07, 6.45) is 4.08. The van der Waals surface area contributed by atoms with E-state index in [-0.39, 0.29) is 11.8 Å². The van der Waals surface area contributed by atoms with Gasteiger partial charge in [-0.05, 0) is 23.8 Å². The molecule has 4 heteroatoms. The van der Waals surface area contributed by atoms with Crippen LogP contribution in [-0.2, 0) is 4.74 Å². The second-order valence-electron chi connectivity index (χ2n) is 3.79. The minimum absolute atomic E-state index is 0.163. The topological polar surface area (TPSA) is 51.5 Å². The van der Waals surface area contributed by atoms with Gasteiger partial charge in [0.2, 0.25) is 0 Å². The lowest BCUT2D eigenvalue weighted by molar-refractivity contribution is 0.354. The van der Waals surface area contributed by atoms with Crippen LogP contribution in [0.2, 0.25) is 0 Å². The Morgan fingerprint density at radius 3 is 2.65 bits per heavy atom. The van der Waals surface area contributed by atoms with E-state index in [9.17, 15) is 0 Å². The molecule has 1 heterocycles. The van der Waals surface area contributed by atoms with Gasteiger partial charge in [-0.1, -0.05) is 6.07 Å². The third-order valence-corrected chi connectivity index (χ3v) is 2.76. The fourth-order valence-corrected chi connectivity index (χ4v) is 1.84. The van der Waals surface area contributed by atoms with Crippen LogP contribution in [0.25, 0.3) is 0 Å². The first kappa shape index (κ1) is 11.5. The van der Waals surface area contributed by atoms with E-state index in [0.29, 0.717) is 17.9 Å². The van der Waals surface area contributed by atoms with Crippen molar-refractivity contribution < 1.29 is 14.2 Å². The van der Waals surface area contributed by atoms with Crippen molar-refractivity contribution in [2.24, 2.45) is 0 Å². The number of ether oxygens (including phenoxy) is 3. The largest absolute Gasteiger partial charge is 0.493 e. The molecule has 0 radical (unpaired) electrons. The Hall–Kier alpha value is -1.97. The maximum Gasteiger partial charge on any atom is 0.187 e. The zero-order valence-corrected chi connectivity index (χ0v) is 9.90. The summed E-state index contributed by atoms with van der Waals surface area (Å²) in [7, 11) is 3.23. The summed E-state index contributed by atoms with van der Waals surface area (Å²) in [6, 6.07) is 5.79. The van der Waals surface area contributed by atoms with Crippen molar-refractivity contribution in [2.75, 3.05) is 14.2 Å². The van der Waals surface area contributed by atoms with Gasteiger partial charge in [-0.2, -0.15) is 0 Å². The summed E-state index contributed by atoms with van der Waals surface area (Å²) in [5, 5.41) is 7.52. The highest BCUT2D eigenvalue weighted by Gasteiger charge is 2.17. The van der Waals surface area contributed by atoms with E-state index >= 15 is 0 Å². The minimum Gasteiger partial charge on any atom is -0.493 e. The first-order valence-corrected chi connectivity index (χ1v) is 5.37. The Bertz CT molecular complexity index is 454. The molecule has 0 fully saturated rings. The second kappa shape index (κ2) is 4.91. The Balaban J connectivity index is 2.30. The molecule has 1 aliphatic rings. The molecule has 0 aliphatic carbocycles. The molecule has 1 aromatic rings. The van der Waals surface area contributed by atoms with Crippen LogP contribution < -0.4 is 9.47 Å². The van der Waals surface area contributed by atoms with E-state index in [2.05, 4.69) is 0 Å². The Labute approximate surface area is 100 Å². The lowest BCUT2D eigenvalue weighted by atomic mass is 9.94. The number of benzene rings is 1. The van der Waals surface area contributed by atoms with Gasteiger partial charge in [0, 0.05) is 12.3 Å². The molecule has 1 unspecified atom stereocenters. The number of methoxy groups -OCH3 is 2. The van der Waals surface area contributed by atoms with Crippen LogP contribution in [0.1, 0.15) is 17.9 Å². The van der Waals surface area contributed by atoms with Crippen molar-refractivity contribution in [3.8, 4) is 11.5 Å². The number of hydrogen-bond donors (Lipinski definition) is 1. The molecule has 90 valence electrons. The molecule has 0 amide bonds. The predicted molar refractivity (Wildman–Crippen MR) is 64.9 cm³/mol. The molecule has 1 N–H and O–H groups in total. The minimum atomic E-state index is 0.163. The fraction of sp³-hybridized carbons (Fsp3) is 0.308. The fourth-order valence-electron chi connectivity index (χ4n) is 1.84. The molecule has 17 heavy (non-hydrogen) atoms. The smallest absolute Gasteiger partial charge is 0.187 e. The quantitative estimate of drug-likeness (QED) is 0.873.